The van der Waals surface area contributed by atoms with E-state index in [4.69, 9.17) is 10.5 Å². The maximum atomic E-state index is 11.5. The summed E-state index contributed by atoms with van der Waals surface area (Å²) in [6.07, 6.45) is 1.23. The molecular formula is C10H18N2O4. The van der Waals surface area contributed by atoms with Crippen molar-refractivity contribution in [2.24, 2.45) is 5.73 Å². The zero-order chi connectivity index (χ0) is 12.0. The highest BCUT2D eigenvalue weighted by atomic mass is 16.5. The van der Waals surface area contributed by atoms with Gasteiger partial charge >= 0.3 is 5.97 Å². The van der Waals surface area contributed by atoms with Gasteiger partial charge in [-0.05, 0) is 12.8 Å². The third-order valence-corrected chi connectivity index (χ3v) is 2.52. The van der Waals surface area contributed by atoms with E-state index in [1.807, 2.05) is 0 Å². The summed E-state index contributed by atoms with van der Waals surface area (Å²) in [5.74, 6) is -0.521. The van der Waals surface area contributed by atoms with Gasteiger partial charge in [0.15, 0.2) is 0 Å². The molecule has 1 amide bonds. The van der Waals surface area contributed by atoms with Crippen LogP contribution in [0.4, 0.5) is 0 Å². The molecular weight excluding hydrogens is 212 g/mol. The Labute approximate surface area is 94.5 Å². The number of carbonyl (C=O) groups is 2. The molecule has 2 atom stereocenters. The van der Waals surface area contributed by atoms with Crippen molar-refractivity contribution in [3.63, 3.8) is 0 Å². The lowest BCUT2D eigenvalue weighted by Gasteiger charge is -2.12. The number of carbonyl (C=O) groups excluding carboxylic acids is 2. The molecule has 1 aliphatic heterocycles. The van der Waals surface area contributed by atoms with Crippen molar-refractivity contribution in [3.05, 3.63) is 0 Å². The molecule has 16 heavy (non-hydrogen) atoms. The van der Waals surface area contributed by atoms with Crippen LogP contribution in [-0.2, 0) is 19.1 Å². The molecule has 1 heterocycles. The second kappa shape index (κ2) is 6.44. The predicted molar refractivity (Wildman–Crippen MR) is 56.6 cm³/mol. The van der Waals surface area contributed by atoms with E-state index in [9.17, 15) is 9.59 Å². The van der Waals surface area contributed by atoms with E-state index < -0.39 is 6.10 Å². The monoisotopic (exact) mass is 230 g/mol. The van der Waals surface area contributed by atoms with Crippen molar-refractivity contribution in [1.29, 1.82) is 0 Å². The standard InChI is InChI=1S/C10H18N2O4/c1-15-9(13)4-5-12-10(14)8-3-2-7(6-11)16-8/h7-8H,2-6,11H2,1H3,(H,12,14)/t7-,8+/m1/s1. The number of hydrogen-bond acceptors (Lipinski definition) is 5. The molecule has 0 saturated carbocycles. The Kier molecular flexibility index (Phi) is 5.21. The van der Waals surface area contributed by atoms with E-state index in [2.05, 4.69) is 10.1 Å². The van der Waals surface area contributed by atoms with Crippen molar-refractivity contribution in [2.75, 3.05) is 20.2 Å². The van der Waals surface area contributed by atoms with E-state index in [0.29, 0.717) is 13.0 Å². The van der Waals surface area contributed by atoms with E-state index in [1.165, 1.54) is 7.11 Å². The second-order valence-corrected chi connectivity index (χ2v) is 3.68. The first-order valence-electron chi connectivity index (χ1n) is 5.37. The Morgan fingerprint density at radius 1 is 1.50 bits per heavy atom. The van der Waals surface area contributed by atoms with Crippen LogP contribution in [0.3, 0.4) is 0 Å². The minimum Gasteiger partial charge on any atom is -0.469 e. The average molecular weight is 230 g/mol. The molecule has 0 bridgehead atoms. The Morgan fingerprint density at radius 3 is 2.81 bits per heavy atom. The summed E-state index contributed by atoms with van der Waals surface area (Å²) in [7, 11) is 1.32. The normalized spacial score (nSPS) is 24.1. The molecule has 1 saturated heterocycles. The Bertz CT molecular complexity index is 257. The number of ether oxygens (including phenoxy) is 2. The first-order chi connectivity index (χ1) is 7.67. The summed E-state index contributed by atoms with van der Waals surface area (Å²) < 4.78 is 9.86. The van der Waals surface area contributed by atoms with Gasteiger partial charge in [0.1, 0.15) is 6.10 Å². The van der Waals surface area contributed by atoms with Crippen LogP contribution < -0.4 is 11.1 Å². The molecule has 6 nitrogen and oxygen atoms in total. The largest absolute Gasteiger partial charge is 0.469 e. The summed E-state index contributed by atoms with van der Waals surface area (Å²) in [6.45, 7) is 0.713. The lowest BCUT2D eigenvalue weighted by molar-refractivity contribution is -0.140. The summed E-state index contributed by atoms with van der Waals surface area (Å²) in [5, 5.41) is 2.63. The lowest BCUT2D eigenvalue weighted by Crippen LogP contribution is -2.36. The van der Waals surface area contributed by atoms with Crippen LogP contribution in [0.5, 0.6) is 0 Å². The molecule has 0 aromatic heterocycles. The molecule has 1 fully saturated rings. The molecule has 3 N–H and O–H groups in total. The molecule has 6 heteroatoms. The zero-order valence-corrected chi connectivity index (χ0v) is 9.40. The fraction of sp³-hybridized carbons (Fsp3) is 0.800. The van der Waals surface area contributed by atoms with Gasteiger partial charge in [-0.3, -0.25) is 9.59 Å². The highest BCUT2D eigenvalue weighted by Crippen LogP contribution is 2.18. The lowest BCUT2D eigenvalue weighted by atomic mass is 10.2. The first-order valence-corrected chi connectivity index (χ1v) is 5.37. The third kappa shape index (κ3) is 3.79. The molecule has 0 unspecified atom stereocenters. The highest BCUT2D eigenvalue weighted by molar-refractivity contribution is 5.81. The molecule has 0 radical (unpaired) electrons. The van der Waals surface area contributed by atoms with E-state index >= 15 is 0 Å². The zero-order valence-electron chi connectivity index (χ0n) is 9.40. The third-order valence-electron chi connectivity index (χ3n) is 2.52. The van der Waals surface area contributed by atoms with Gasteiger partial charge in [0, 0.05) is 13.1 Å². The van der Waals surface area contributed by atoms with E-state index in [-0.39, 0.29) is 30.9 Å². The number of amides is 1. The molecule has 92 valence electrons. The summed E-state index contributed by atoms with van der Waals surface area (Å²) >= 11 is 0. The Balaban J connectivity index is 2.18. The Hall–Kier alpha value is -1.14. The Morgan fingerprint density at radius 2 is 2.25 bits per heavy atom. The number of nitrogens with two attached hydrogens (primary N) is 1. The molecule has 0 aromatic rings. The van der Waals surface area contributed by atoms with Crippen LogP contribution in [0.25, 0.3) is 0 Å². The van der Waals surface area contributed by atoms with Gasteiger partial charge in [-0.2, -0.15) is 0 Å². The van der Waals surface area contributed by atoms with Gasteiger partial charge in [-0.15, -0.1) is 0 Å². The van der Waals surface area contributed by atoms with Crippen molar-refractivity contribution >= 4 is 11.9 Å². The smallest absolute Gasteiger partial charge is 0.307 e. The van der Waals surface area contributed by atoms with Crippen LogP contribution in [0.2, 0.25) is 0 Å². The van der Waals surface area contributed by atoms with Gasteiger partial charge in [0.05, 0.1) is 19.6 Å². The van der Waals surface area contributed by atoms with Crippen molar-refractivity contribution in [1.82, 2.24) is 5.32 Å². The quantitative estimate of drug-likeness (QED) is 0.602. The topological polar surface area (TPSA) is 90.7 Å². The summed E-state index contributed by atoms with van der Waals surface area (Å²) in [4.78, 5) is 22.3. The average Bonchev–Trinajstić information content (AvgIpc) is 2.77. The van der Waals surface area contributed by atoms with Crippen LogP contribution in [-0.4, -0.2) is 44.3 Å². The predicted octanol–water partition coefficient (Wildman–Crippen LogP) is -0.828. The molecule has 0 aliphatic carbocycles. The second-order valence-electron chi connectivity index (χ2n) is 3.68. The van der Waals surface area contributed by atoms with Crippen molar-refractivity contribution in [3.8, 4) is 0 Å². The van der Waals surface area contributed by atoms with Gasteiger partial charge < -0.3 is 20.5 Å². The van der Waals surface area contributed by atoms with Crippen LogP contribution >= 0.6 is 0 Å². The number of esters is 1. The van der Waals surface area contributed by atoms with Crippen LogP contribution in [0, 0.1) is 0 Å². The molecule has 0 aromatic carbocycles. The molecule has 1 rings (SSSR count). The van der Waals surface area contributed by atoms with Crippen molar-refractivity contribution < 1.29 is 19.1 Å². The highest BCUT2D eigenvalue weighted by Gasteiger charge is 2.29. The SMILES string of the molecule is COC(=O)CCNC(=O)[C@@H]1CC[C@H](CN)O1. The first kappa shape index (κ1) is 12.9. The number of rotatable bonds is 5. The number of nitrogens with one attached hydrogen (secondary N) is 1. The minimum absolute atomic E-state index is 0.0173. The van der Waals surface area contributed by atoms with Crippen LogP contribution in [0.1, 0.15) is 19.3 Å². The maximum Gasteiger partial charge on any atom is 0.307 e. The van der Waals surface area contributed by atoms with Gasteiger partial charge in [0.2, 0.25) is 5.91 Å². The van der Waals surface area contributed by atoms with Gasteiger partial charge in [0.25, 0.3) is 0 Å². The van der Waals surface area contributed by atoms with Crippen LogP contribution in [0.15, 0.2) is 0 Å². The number of methoxy groups -OCH3 is 1. The van der Waals surface area contributed by atoms with E-state index in [0.717, 1.165) is 6.42 Å². The van der Waals surface area contributed by atoms with Gasteiger partial charge in [-0.25, -0.2) is 0 Å². The maximum absolute atomic E-state index is 11.5. The fourth-order valence-electron chi connectivity index (χ4n) is 1.58. The molecule has 0 spiro atoms. The summed E-state index contributed by atoms with van der Waals surface area (Å²) in [5.41, 5.74) is 5.44. The fourth-order valence-corrected chi connectivity index (χ4v) is 1.58. The van der Waals surface area contributed by atoms with E-state index in [1.54, 1.807) is 0 Å². The minimum atomic E-state index is -0.425. The van der Waals surface area contributed by atoms with Crippen molar-refractivity contribution in [2.45, 2.75) is 31.5 Å². The summed E-state index contributed by atoms with van der Waals surface area (Å²) in [6, 6.07) is 0. The molecule has 1 aliphatic rings. The van der Waals surface area contributed by atoms with Gasteiger partial charge in [-0.1, -0.05) is 0 Å². The number of hydrogen-bond donors (Lipinski definition) is 2.